The number of ether oxygens (including phenoxy) is 2. The molecule has 4 rings (SSSR count). The third-order valence-corrected chi connectivity index (χ3v) is 5.87. The molecule has 0 unspecified atom stereocenters. The number of benzene rings is 1. The van der Waals surface area contributed by atoms with Gasteiger partial charge in [-0.3, -0.25) is 4.79 Å². The fraction of sp³-hybridized carbons (Fsp3) is 0.429. The smallest absolute Gasteiger partial charge is 0.253 e. The molecule has 1 aliphatic rings. The third-order valence-electron chi connectivity index (χ3n) is 5.28. The van der Waals surface area contributed by atoms with E-state index in [1.807, 2.05) is 29.2 Å². The summed E-state index contributed by atoms with van der Waals surface area (Å²) < 4.78 is 10.8. The lowest BCUT2D eigenvalue weighted by molar-refractivity contribution is -0.00408. The van der Waals surface area contributed by atoms with Crippen molar-refractivity contribution in [3.05, 3.63) is 40.8 Å². The SMILES string of the molecule is COCCO[C@H]1CC[C@H](NC(=O)c2cc(-c3cscn3)cc3cc[nH]c23)CC1. The zero-order chi connectivity index (χ0) is 19.3. The molecule has 1 aliphatic carbocycles. The van der Waals surface area contributed by atoms with E-state index in [9.17, 15) is 4.79 Å². The average Bonchev–Trinajstić information content (AvgIpc) is 3.40. The minimum Gasteiger partial charge on any atom is -0.382 e. The van der Waals surface area contributed by atoms with Gasteiger partial charge in [0.2, 0.25) is 0 Å². The quantitative estimate of drug-likeness (QED) is 0.589. The Balaban J connectivity index is 1.44. The second kappa shape index (κ2) is 8.86. The number of rotatable bonds is 7. The summed E-state index contributed by atoms with van der Waals surface area (Å²) in [5.41, 5.74) is 5.21. The van der Waals surface area contributed by atoms with Crippen LogP contribution < -0.4 is 5.32 Å². The summed E-state index contributed by atoms with van der Waals surface area (Å²) in [6, 6.07) is 6.18. The monoisotopic (exact) mass is 399 g/mol. The van der Waals surface area contributed by atoms with Crippen molar-refractivity contribution in [2.24, 2.45) is 0 Å². The van der Waals surface area contributed by atoms with Crippen LogP contribution in [0.1, 0.15) is 36.0 Å². The van der Waals surface area contributed by atoms with Crippen molar-refractivity contribution in [1.82, 2.24) is 15.3 Å². The van der Waals surface area contributed by atoms with Crippen LogP contribution in [0.2, 0.25) is 0 Å². The van der Waals surface area contributed by atoms with Gasteiger partial charge in [0.05, 0.1) is 41.6 Å². The Morgan fingerprint density at radius 1 is 1.29 bits per heavy atom. The molecule has 0 bridgehead atoms. The number of aromatic nitrogens is 2. The fourth-order valence-corrected chi connectivity index (χ4v) is 4.35. The van der Waals surface area contributed by atoms with Crippen LogP contribution in [0.4, 0.5) is 0 Å². The van der Waals surface area contributed by atoms with Crippen LogP contribution in [0.15, 0.2) is 35.3 Å². The molecule has 0 saturated heterocycles. The number of nitrogens with one attached hydrogen (secondary N) is 2. The van der Waals surface area contributed by atoms with E-state index in [-0.39, 0.29) is 18.1 Å². The van der Waals surface area contributed by atoms with Gasteiger partial charge < -0.3 is 19.8 Å². The summed E-state index contributed by atoms with van der Waals surface area (Å²) >= 11 is 1.55. The number of fused-ring (bicyclic) bond motifs is 1. The van der Waals surface area contributed by atoms with Gasteiger partial charge in [-0.1, -0.05) is 0 Å². The van der Waals surface area contributed by atoms with Crippen LogP contribution in [0, 0.1) is 0 Å². The predicted octanol–water partition coefficient (Wildman–Crippen LogP) is 4.00. The maximum absolute atomic E-state index is 13.0. The summed E-state index contributed by atoms with van der Waals surface area (Å²) in [7, 11) is 1.68. The summed E-state index contributed by atoms with van der Waals surface area (Å²) in [5, 5.41) is 6.24. The van der Waals surface area contributed by atoms with Crippen LogP contribution in [-0.4, -0.2) is 48.3 Å². The highest BCUT2D eigenvalue weighted by molar-refractivity contribution is 7.07. The first-order chi connectivity index (χ1) is 13.7. The molecule has 0 spiro atoms. The molecular formula is C21H25N3O3S. The average molecular weight is 400 g/mol. The molecule has 3 aromatic rings. The molecule has 148 valence electrons. The van der Waals surface area contributed by atoms with Crippen molar-refractivity contribution in [2.45, 2.75) is 37.8 Å². The van der Waals surface area contributed by atoms with Crippen molar-refractivity contribution in [3.8, 4) is 11.3 Å². The fourth-order valence-electron chi connectivity index (χ4n) is 3.79. The Hall–Kier alpha value is -2.22. The molecule has 1 amide bonds. The van der Waals surface area contributed by atoms with Crippen LogP contribution in [-0.2, 0) is 9.47 Å². The molecule has 2 aromatic heterocycles. The number of methoxy groups -OCH3 is 1. The van der Waals surface area contributed by atoms with Crippen molar-refractivity contribution >= 4 is 28.1 Å². The highest BCUT2D eigenvalue weighted by Crippen LogP contribution is 2.28. The number of carbonyl (C=O) groups excluding carboxylic acids is 1. The van der Waals surface area contributed by atoms with Gasteiger partial charge in [-0.15, -0.1) is 11.3 Å². The summed E-state index contributed by atoms with van der Waals surface area (Å²) in [6.07, 6.45) is 5.93. The topological polar surface area (TPSA) is 76.2 Å². The van der Waals surface area contributed by atoms with E-state index in [0.29, 0.717) is 18.8 Å². The van der Waals surface area contributed by atoms with E-state index in [4.69, 9.17) is 9.47 Å². The number of hydrogen-bond acceptors (Lipinski definition) is 5. The lowest BCUT2D eigenvalue weighted by Gasteiger charge is -2.29. The number of aromatic amines is 1. The lowest BCUT2D eigenvalue weighted by atomic mass is 9.92. The maximum atomic E-state index is 13.0. The van der Waals surface area contributed by atoms with Crippen LogP contribution >= 0.6 is 11.3 Å². The van der Waals surface area contributed by atoms with Crippen LogP contribution in [0.5, 0.6) is 0 Å². The standard InChI is InChI=1S/C21H25N3O3S/c1-26-8-9-27-17-4-2-16(3-5-17)24-21(25)18-11-15(19-12-28-13-23-19)10-14-6-7-22-20(14)18/h6-7,10-13,16-17,22H,2-5,8-9H2,1H3,(H,24,25)/t16-,17-. The van der Waals surface area contributed by atoms with Gasteiger partial charge in [-0.2, -0.15) is 0 Å². The number of amides is 1. The van der Waals surface area contributed by atoms with E-state index in [2.05, 4.69) is 21.4 Å². The molecule has 1 fully saturated rings. The van der Waals surface area contributed by atoms with Gasteiger partial charge in [-0.05, 0) is 43.9 Å². The second-order valence-corrected chi connectivity index (χ2v) is 7.87. The molecule has 6 nitrogen and oxygen atoms in total. The van der Waals surface area contributed by atoms with E-state index in [1.165, 1.54) is 0 Å². The van der Waals surface area contributed by atoms with Gasteiger partial charge in [0, 0.05) is 35.7 Å². The maximum Gasteiger partial charge on any atom is 0.253 e. The van der Waals surface area contributed by atoms with Crippen molar-refractivity contribution in [2.75, 3.05) is 20.3 Å². The normalized spacial score (nSPS) is 19.8. The van der Waals surface area contributed by atoms with Gasteiger partial charge in [0.15, 0.2) is 0 Å². The number of H-pyrrole nitrogens is 1. The summed E-state index contributed by atoms with van der Waals surface area (Å²) in [6.45, 7) is 1.25. The molecule has 0 aliphatic heterocycles. The van der Waals surface area contributed by atoms with Crippen molar-refractivity contribution < 1.29 is 14.3 Å². The first-order valence-electron chi connectivity index (χ1n) is 9.65. The number of hydrogen-bond donors (Lipinski definition) is 2. The van der Waals surface area contributed by atoms with Crippen molar-refractivity contribution in [1.29, 1.82) is 0 Å². The second-order valence-electron chi connectivity index (χ2n) is 7.15. The predicted molar refractivity (Wildman–Crippen MR) is 111 cm³/mol. The van der Waals surface area contributed by atoms with Crippen molar-refractivity contribution in [3.63, 3.8) is 0 Å². The van der Waals surface area contributed by atoms with Gasteiger partial charge in [0.1, 0.15) is 0 Å². The van der Waals surface area contributed by atoms with Crippen LogP contribution in [0.25, 0.3) is 22.2 Å². The zero-order valence-corrected chi connectivity index (χ0v) is 16.8. The summed E-state index contributed by atoms with van der Waals surface area (Å²) in [5.74, 6) is -0.0340. The first kappa shape index (κ1) is 19.1. The first-order valence-corrected chi connectivity index (χ1v) is 10.6. The Bertz CT molecular complexity index is 914. The molecular weight excluding hydrogens is 374 g/mol. The molecule has 1 saturated carbocycles. The van der Waals surface area contributed by atoms with Crippen LogP contribution in [0.3, 0.4) is 0 Å². The van der Waals surface area contributed by atoms with E-state index in [1.54, 1.807) is 18.4 Å². The Labute approximate surface area is 168 Å². The minimum atomic E-state index is -0.0340. The van der Waals surface area contributed by atoms with E-state index >= 15 is 0 Å². The summed E-state index contributed by atoms with van der Waals surface area (Å²) in [4.78, 5) is 20.6. The minimum absolute atomic E-state index is 0.0340. The zero-order valence-electron chi connectivity index (χ0n) is 15.9. The van der Waals surface area contributed by atoms with Gasteiger partial charge in [-0.25, -0.2) is 4.98 Å². The molecule has 7 heteroatoms. The number of carbonyl (C=O) groups is 1. The molecule has 1 aromatic carbocycles. The Morgan fingerprint density at radius 2 is 2.14 bits per heavy atom. The van der Waals surface area contributed by atoms with Gasteiger partial charge in [0.25, 0.3) is 5.91 Å². The third kappa shape index (κ3) is 4.27. The number of thiazole rings is 1. The Morgan fingerprint density at radius 3 is 2.89 bits per heavy atom. The molecule has 2 N–H and O–H groups in total. The number of nitrogens with zero attached hydrogens (tertiary/aromatic N) is 1. The van der Waals surface area contributed by atoms with E-state index < -0.39 is 0 Å². The molecule has 0 atom stereocenters. The lowest BCUT2D eigenvalue weighted by Crippen LogP contribution is -2.39. The molecule has 28 heavy (non-hydrogen) atoms. The molecule has 2 heterocycles. The highest BCUT2D eigenvalue weighted by Gasteiger charge is 2.24. The highest BCUT2D eigenvalue weighted by atomic mass is 32.1. The van der Waals surface area contributed by atoms with E-state index in [0.717, 1.165) is 47.8 Å². The Kier molecular flexibility index (Phi) is 6.04. The van der Waals surface area contributed by atoms with Gasteiger partial charge >= 0.3 is 0 Å². The molecule has 0 radical (unpaired) electrons. The largest absolute Gasteiger partial charge is 0.382 e.